The maximum Gasteiger partial charge on any atom is 0.410 e. The summed E-state index contributed by atoms with van der Waals surface area (Å²) in [4.78, 5) is 25.7. The maximum atomic E-state index is 11.2. The minimum absolute atomic E-state index is 0.188. The number of unbranched alkanes of at least 4 members (excludes halogenated alkanes) is 1. The first-order chi connectivity index (χ1) is 15.1. The Bertz CT molecular complexity index is 1040. The molecule has 8 nitrogen and oxygen atoms in total. The van der Waals surface area contributed by atoms with E-state index in [1.54, 1.807) is 0 Å². The Hall–Kier alpha value is -3.13. The summed E-state index contributed by atoms with van der Waals surface area (Å²) in [5, 5.41) is 11.5. The van der Waals surface area contributed by atoms with Gasteiger partial charge in [0.15, 0.2) is 5.82 Å². The number of fused-ring (bicyclic) bond motifs is 1. The summed E-state index contributed by atoms with van der Waals surface area (Å²) in [6, 6.07) is 8.82. The number of aromatic nitrogens is 3. The number of H-pyrrole nitrogens is 1. The molecule has 1 fully saturated rings. The van der Waals surface area contributed by atoms with Crippen LogP contribution in [0.2, 0.25) is 0 Å². The maximum absolute atomic E-state index is 11.2. The number of carboxylic acid groups (broad SMARTS) is 1. The molecule has 0 radical (unpaired) electrons. The molecular formula is C23H29N5O3. The average molecular weight is 424 g/mol. The number of rotatable bonds is 9. The SMILES string of the molecule is CCCCOc1nc(NC(=O)O)c2[nH]cc(Cc3cccc(CN4CCCC4)c3)c2n1. The molecule has 0 bridgehead atoms. The van der Waals surface area contributed by atoms with Crippen LogP contribution in [0.25, 0.3) is 11.0 Å². The zero-order valence-corrected chi connectivity index (χ0v) is 17.9. The molecule has 164 valence electrons. The van der Waals surface area contributed by atoms with Crippen LogP contribution in [-0.2, 0) is 13.0 Å². The number of aromatic amines is 1. The highest BCUT2D eigenvalue weighted by Crippen LogP contribution is 2.27. The van der Waals surface area contributed by atoms with E-state index < -0.39 is 6.09 Å². The number of likely N-dealkylation sites (tertiary alicyclic amines) is 1. The van der Waals surface area contributed by atoms with Gasteiger partial charge in [-0.25, -0.2) is 4.79 Å². The molecule has 1 amide bonds. The van der Waals surface area contributed by atoms with E-state index in [1.165, 1.54) is 37.1 Å². The van der Waals surface area contributed by atoms with Crippen molar-refractivity contribution in [2.24, 2.45) is 0 Å². The van der Waals surface area contributed by atoms with Crippen molar-refractivity contribution in [2.45, 2.75) is 45.6 Å². The van der Waals surface area contributed by atoms with Gasteiger partial charge in [0.2, 0.25) is 0 Å². The summed E-state index contributed by atoms with van der Waals surface area (Å²) in [6.07, 6.45) is 5.82. The van der Waals surface area contributed by atoms with Crippen LogP contribution in [0.4, 0.5) is 10.6 Å². The number of ether oxygens (including phenoxy) is 1. The summed E-state index contributed by atoms with van der Waals surface area (Å²) in [5.74, 6) is 0.207. The summed E-state index contributed by atoms with van der Waals surface area (Å²) in [5.41, 5.74) is 4.72. The van der Waals surface area contributed by atoms with Crippen LogP contribution in [0.5, 0.6) is 6.01 Å². The van der Waals surface area contributed by atoms with Crippen LogP contribution < -0.4 is 10.1 Å². The molecule has 1 aromatic carbocycles. The number of carbonyl (C=O) groups is 1. The largest absolute Gasteiger partial charge is 0.465 e. The van der Waals surface area contributed by atoms with E-state index in [9.17, 15) is 9.90 Å². The van der Waals surface area contributed by atoms with Crippen molar-refractivity contribution in [3.05, 3.63) is 47.2 Å². The van der Waals surface area contributed by atoms with Gasteiger partial charge in [0.1, 0.15) is 11.0 Å². The fourth-order valence-electron chi connectivity index (χ4n) is 3.99. The van der Waals surface area contributed by atoms with E-state index in [0.717, 1.165) is 24.9 Å². The average Bonchev–Trinajstić information content (AvgIpc) is 3.39. The number of hydrogen-bond donors (Lipinski definition) is 3. The van der Waals surface area contributed by atoms with Crippen molar-refractivity contribution in [1.29, 1.82) is 0 Å². The van der Waals surface area contributed by atoms with Crippen LogP contribution in [0.15, 0.2) is 30.5 Å². The molecule has 1 saturated heterocycles. The normalized spacial score (nSPS) is 14.2. The molecule has 3 N–H and O–H groups in total. The van der Waals surface area contributed by atoms with Gasteiger partial charge < -0.3 is 14.8 Å². The summed E-state index contributed by atoms with van der Waals surface area (Å²) < 4.78 is 5.67. The minimum atomic E-state index is -1.18. The van der Waals surface area contributed by atoms with Gasteiger partial charge in [-0.3, -0.25) is 10.2 Å². The van der Waals surface area contributed by atoms with E-state index in [0.29, 0.717) is 24.1 Å². The Labute approximate surface area is 181 Å². The highest BCUT2D eigenvalue weighted by molar-refractivity contribution is 5.95. The molecule has 0 spiro atoms. The predicted molar refractivity (Wildman–Crippen MR) is 120 cm³/mol. The lowest BCUT2D eigenvalue weighted by molar-refractivity contribution is 0.209. The fraction of sp³-hybridized carbons (Fsp3) is 0.435. The molecule has 0 atom stereocenters. The Morgan fingerprint density at radius 1 is 1.26 bits per heavy atom. The highest BCUT2D eigenvalue weighted by Gasteiger charge is 2.17. The van der Waals surface area contributed by atoms with Gasteiger partial charge in [0.25, 0.3) is 0 Å². The molecule has 0 unspecified atom stereocenters. The molecule has 3 aromatic rings. The van der Waals surface area contributed by atoms with E-state index in [4.69, 9.17) is 4.74 Å². The van der Waals surface area contributed by atoms with Crippen molar-refractivity contribution in [3.63, 3.8) is 0 Å². The molecule has 0 saturated carbocycles. The lowest BCUT2D eigenvalue weighted by atomic mass is 10.0. The first-order valence-corrected chi connectivity index (χ1v) is 10.9. The van der Waals surface area contributed by atoms with Gasteiger partial charge >= 0.3 is 12.1 Å². The predicted octanol–water partition coefficient (Wildman–Crippen LogP) is 4.41. The quantitative estimate of drug-likeness (QED) is 0.441. The topological polar surface area (TPSA) is 103 Å². The molecule has 4 rings (SSSR count). The molecule has 1 aliphatic heterocycles. The van der Waals surface area contributed by atoms with Crippen LogP contribution >= 0.6 is 0 Å². The summed E-state index contributed by atoms with van der Waals surface area (Å²) in [6.45, 7) is 5.89. The van der Waals surface area contributed by atoms with Crippen LogP contribution in [-0.4, -0.2) is 50.7 Å². The number of nitrogens with zero attached hydrogens (tertiary/aromatic N) is 3. The summed E-state index contributed by atoms with van der Waals surface area (Å²) in [7, 11) is 0. The van der Waals surface area contributed by atoms with Gasteiger partial charge in [-0.1, -0.05) is 37.6 Å². The molecule has 3 heterocycles. The van der Waals surface area contributed by atoms with Crippen molar-refractivity contribution in [1.82, 2.24) is 19.9 Å². The Balaban J connectivity index is 1.59. The third-order valence-electron chi connectivity index (χ3n) is 5.53. The third-order valence-corrected chi connectivity index (χ3v) is 5.53. The van der Waals surface area contributed by atoms with Crippen LogP contribution in [0.1, 0.15) is 49.3 Å². The minimum Gasteiger partial charge on any atom is -0.465 e. The lowest BCUT2D eigenvalue weighted by Crippen LogP contribution is -2.18. The number of amides is 1. The van der Waals surface area contributed by atoms with Crippen molar-refractivity contribution in [2.75, 3.05) is 25.0 Å². The zero-order chi connectivity index (χ0) is 21.6. The zero-order valence-electron chi connectivity index (χ0n) is 17.9. The van der Waals surface area contributed by atoms with Crippen molar-refractivity contribution < 1.29 is 14.6 Å². The number of benzene rings is 1. The van der Waals surface area contributed by atoms with E-state index >= 15 is 0 Å². The van der Waals surface area contributed by atoms with E-state index in [2.05, 4.69) is 56.4 Å². The first-order valence-electron chi connectivity index (χ1n) is 10.9. The Kier molecular flexibility index (Phi) is 6.66. The molecule has 8 heteroatoms. The second kappa shape index (κ2) is 9.78. The van der Waals surface area contributed by atoms with Gasteiger partial charge in [-0.2, -0.15) is 9.97 Å². The van der Waals surface area contributed by atoms with Gasteiger partial charge in [0.05, 0.1) is 6.61 Å². The standard InChI is InChI=1S/C23H29N5O3/c1-2-3-11-31-22-25-19-18(14-24-20(19)21(26-22)27-23(29)30)13-16-7-6-8-17(12-16)15-28-9-4-5-10-28/h6-8,12,14,24H,2-5,9-11,13,15H2,1H3,(H,29,30)(H,25,26,27). The number of nitrogens with one attached hydrogen (secondary N) is 2. The number of anilines is 1. The van der Waals surface area contributed by atoms with Gasteiger partial charge in [-0.15, -0.1) is 0 Å². The van der Waals surface area contributed by atoms with E-state index in [1.807, 2.05) is 6.20 Å². The highest BCUT2D eigenvalue weighted by atomic mass is 16.5. The van der Waals surface area contributed by atoms with Gasteiger partial charge in [-0.05, 0) is 43.5 Å². The van der Waals surface area contributed by atoms with Crippen LogP contribution in [0.3, 0.4) is 0 Å². The molecule has 0 aliphatic carbocycles. The molecular weight excluding hydrogens is 394 g/mol. The molecule has 31 heavy (non-hydrogen) atoms. The summed E-state index contributed by atoms with van der Waals surface area (Å²) >= 11 is 0. The van der Waals surface area contributed by atoms with Gasteiger partial charge in [0, 0.05) is 24.7 Å². The van der Waals surface area contributed by atoms with E-state index in [-0.39, 0.29) is 11.8 Å². The fourth-order valence-corrected chi connectivity index (χ4v) is 3.99. The molecule has 2 aromatic heterocycles. The number of hydrogen-bond acceptors (Lipinski definition) is 5. The Morgan fingerprint density at radius 3 is 2.84 bits per heavy atom. The first kappa shape index (κ1) is 21.1. The van der Waals surface area contributed by atoms with Crippen LogP contribution in [0, 0.1) is 0 Å². The smallest absolute Gasteiger partial charge is 0.410 e. The third kappa shape index (κ3) is 5.32. The monoisotopic (exact) mass is 423 g/mol. The van der Waals surface area contributed by atoms with Crippen molar-refractivity contribution >= 4 is 22.9 Å². The Morgan fingerprint density at radius 2 is 2.06 bits per heavy atom. The van der Waals surface area contributed by atoms with Crippen molar-refractivity contribution in [3.8, 4) is 6.01 Å². The molecule has 1 aliphatic rings. The second-order valence-electron chi connectivity index (χ2n) is 8.00. The lowest BCUT2D eigenvalue weighted by Gasteiger charge is -2.15. The second-order valence-corrected chi connectivity index (χ2v) is 8.00.